The molecule has 10 N–H and O–H groups in total. The van der Waals surface area contributed by atoms with E-state index in [0.717, 1.165) is 6.08 Å². The topological polar surface area (TPSA) is 256 Å². The third-order valence-electron chi connectivity index (χ3n) is 8.46. The summed E-state index contributed by atoms with van der Waals surface area (Å²) >= 11 is 0. The van der Waals surface area contributed by atoms with Crippen LogP contribution in [0, 0.1) is 0 Å². The van der Waals surface area contributed by atoms with E-state index in [1.165, 1.54) is 50.6 Å². The lowest BCUT2D eigenvalue weighted by molar-refractivity contribution is -0.339. The number of carbonyl (C=O) groups is 1. The molecule has 2 heterocycles. The molecule has 46 heavy (non-hydrogen) atoms. The van der Waals surface area contributed by atoms with Gasteiger partial charge in [0.15, 0.2) is 34.4 Å². The molecule has 2 aromatic carbocycles. The Balaban J connectivity index is 1.65. The summed E-state index contributed by atoms with van der Waals surface area (Å²) < 4.78 is 21.3. The van der Waals surface area contributed by atoms with E-state index in [9.17, 15) is 55.9 Å². The molecule has 11 atom stereocenters. The molecule has 0 bridgehead atoms. The number of phenols is 2. The molecule has 2 aliphatic rings. The Morgan fingerprint density at radius 1 is 0.891 bits per heavy atom. The largest absolute Gasteiger partial charge is 0.504 e. The summed E-state index contributed by atoms with van der Waals surface area (Å²) in [5, 5.41) is 107. The summed E-state index contributed by atoms with van der Waals surface area (Å²) in [4.78, 5) is 13.5. The second-order valence-electron chi connectivity index (χ2n) is 11.3. The van der Waals surface area contributed by atoms with Gasteiger partial charge in [0.1, 0.15) is 54.9 Å². The zero-order chi connectivity index (χ0) is 33.9. The van der Waals surface area contributed by atoms with Crippen LogP contribution in [0.25, 0.3) is 6.08 Å². The summed E-state index contributed by atoms with van der Waals surface area (Å²) in [6, 6.07) is 8.78. The van der Waals surface area contributed by atoms with E-state index in [1.54, 1.807) is 6.07 Å². The molecule has 2 saturated heterocycles. The van der Waals surface area contributed by atoms with Crippen molar-refractivity contribution in [3.63, 3.8) is 0 Å². The molecule has 0 amide bonds. The highest BCUT2D eigenvalue weighted by molar-refractivity contribution is 5.90. The average Bonchev–Trinajstić information content (AvgIpc) is 3.04. The molecule has 0 aliphatic carbocycles. The van der Waals surface area contributed by atoms with Crippen molar-refractivity contribution >= 4 is 11.9 Å². The Morgan fingerprint density at radius 3 is 2.11 bits per heavy atom. The van der Waals surface area contributed by atoms with Gasteiger partial charge in [0.05, 0.1) is 26.9 Å². The minimum atomic E-state index is -2.95. The van der Waals surface area contributed by atoms with E-state index in [0.29, 0.717) is 11.1 Å². The summed E-state index contributed by atoms with van der Waals surface area (Å²) in [5.74, 6) is -1.15. The van der Waals surface area contributed by atoms with Gasteiger partial charge in [-0.1, -0.05) is 18.2 Å². The molecule has 4 rings (SSSR count). The molecule has 0 saturated carbocycles. The summed E-state index contributed by atoms with van der Waals surface area (Å²) in [5.41, 5.74) is -2.06. The molecule has 2 fully saturated rings. The molecular weight excluding hydrogens is 612 g/mol. The number of carbonyl (C=O) groups excluding carboxylic acids is 1. The Labute approximate surface area is 263 Å². The van der Waals surface area contributed by atoms with Crippen LogP contribution in [0.1, 0.15) is 17.5 Å². The van der Waals surface area contributed by atoms with Crippen molar-refractivity contribution in [3.8, 4) is 23.0 Å². The molecule has 254 valence electrons. The zero-order valence-electron chi connectivity index (χ0n) is 25.0. The number of phenolic OH excluding ortho intramolecular Hbond substituents is 2. The van der Waals surface area contributed by atoms with E-state index in [1.807, 2.05) is 0 Å². The van der Waals surface area contributed by atoms with Gasteiger partial charge in [-0.2, -0.15) is 0 Å². The molecule has 2 aliphatic heterocycles. The fourth-order valence-corrected chi connectivity index (χ4v) is 5.80. The fourth-order valence-electron chi connectivity index (χ4n) is 5.80. The van der Waals surface area contributed by atoms with Crippen LogP contribution < -0.4 is 9.47 Å². The average molecular weight is 653 g/mol. The zero-order valence-corrected chi connectivity index (χ0v) is 25.0. The Hall–Kier alpha value is -3.35. The number of aliphatic hydroxyl groups is 8. The lowest BCUT2D eigenvalue weighted by Gasteiger charge is -2.54. The van der Waals surface area contributed by atoms with Crippen molar-refractivity contribution in [2.75, 3.05) is 20.8 Å². The van der Waals surface area contributed by atoms with Crippen molar-refractivity contribution < 1.29 is 74.8 Å². The summed E-state index contributed by atoms with van der Waals surface area (Å²) in [6.45, 7) is -0.878. The SMILES string of the molecule is COc1ccc(C=CC(O)C(=O)[C@H]2OC(CCc3ccc(OC)c(O)c3)[C@H](O)[C@](O)(C3O[C@H](CO)[C@@H](O)[C@H](O)[C@H]3O)[C@@H]2O)cc1O. The van der Waals surface area contributed by atoms with Crippen LogP contribution >= 0.6 is 0 Å². The van der Waals surface area contributed by atoms with Crippen LogP contribution in [-0.2, 0) is 20.7 Å². The number of rotatable bonds is 11. The maximum atomic E-state index is 13.5. The van der Waals surface area contributed by atoms with Crippen LogP contribution in [0.2, 0.25) is 0 Å². The highest BCUT2D eigenvalue weighted by Crippen LogP contribution is 2.41. The van der Waals surface area contributed by atoms with E-state index in [4.69, 9.17) is 18.9 Å². The van der Waals surface area contributed by atoms with Crippen molar-refractivity contribution in [2.24, 2.45) is 0 Å². The van der Waals surface area contributed by atoms with Gasteiger partial charge in [0.2, 0.25) is 0 Å². The molecular formula is C31H40O15. The molecule has 0 radical (unpaired) electrons. The van der Waals surface area contributed by atoms with Crippen molar-refractivity contribution in [2.45, 2.75) is 79.5 Å². The third-order valence-corrected chi connectivity index (χ3v) is 8.46. The summed E-state index contributed by atoms with van der Waals surface area (Å²) in [6.07, 6.45) is -17.1. The second-order valence-corrected chi connectivity index (χ2v) is 11.3. The van der Waals surface area contributed by atoms with Gasteiger partial charge in [-0.15, -0.1) is 0 Å². The molecule has 0 spiro atoms. The quantitative estimate of drug-likeness (QED) is 0.123. The standard InChI is InChI=1S/C31H40O15/c1-43-19-8-4-14(11-17(19)34)3-7-16(33)23(36)27-29(41)31(42,30-26(39)25(38)24(37)22(13-32)46-30)28(40)21(45-27)10-6-15-5-9-20(44-2)18(35)12-15/h3-5,7-9,11-12,16,21-22,24-30,32-35,37-42H,6,10,13H2,1-2H3/t16?,21?,22-,24-,25+,26-,27-,28+,29-,30?,31-/m1/s1. The van der Waals surface area contributed by atoms with E-state index >= 15 is 0 Å². The van der Waals surface area contributed by atoms with Gasteiger partial charge in [0, 0.05) is 0 Å². The number of aliphatic hydroxyl groups excluding tert-OH is 7. The minimum Gasteiger partial charge on any atom is -0.504 e. The Kier molecular flexibility index (Phi) is 11.3. The Morgan fingerprint density at radius 2 is 1.52 bits per heavy atom. The normalized spacial score (nSPS) is 33.9. The lowest BCUT2D eigenvalue weighted by atomic mass is 9.71. The molecule has 15 heteroatoms. The maximum Gasteiger partial charge on any atom is 0.196 e. The van der Waals surface area contributed by atoms with Crippen LogP contribution in [0.3, 0.4) is 0 Å². The number of ketones is 1. The number of aryl methyl sites for hydroxylation is 1. The van der Waals surface area contributed by atoms with Crippen LogP contribution in [0.5, 0.6) is 23.0 Å². The number of ether oxygens (including phenoxy) is 4. The third kappa shape index (κ3) is 6.84. The number of hydrogen-bond donors (Lipinski definition) is 10. The minimum absolute atomic E-state index is 0.0878. The van der Waals surface area contributed by atoms with Gasteiger partial charge in [-0.25, -0.2) is 0 Å². The summed E-state index contributed by atoms with van der Waals surface area (Å²) in [7, 11) is 2.73. The predicted molar refractivity (Wildman–Crippen MR) is 157 cm³/mol. The molecule has 0 aromatic heterocycles. The van der Waals surface area contributed by atoms with Gasteiger partial charge >= 0.3 is 0 Å². The van der Waals surface area contributed by atoms with Gasteiger partial charge in [-0.3, -0.25) is 4.79 Å². The lowest BCUT2D eigenvalue weighted by Crippen LogP contribution is -2.77. The van der Waals surface area contributed by atoms with Gasteiger partial charge < -0.3 is 70.0 Å². The smallest absolute Gasteiger partial charge is 0.196 e. The van der Waals surface area contributed by atoms with E-state index in [2.05, 4.69) is 0 Å². The first kappa shape index (κ1) is 35.5. The molecule has 2 aromatic rings. The predicted octanol–water partition coefficient (Wildman–Crippen LogP) is -2.25. The number of Topliss-reactive ketones (excluding diaryl/α,β-unsaturated/α-hetero) is 1. The van der Waals surface area contributed by atoms with Gasteiger partial charge in [0.25, 0.3) is 0 Å². The van der Waals surface area contributed by atoms with E-state index in [-0.39, 0.29) is 35.8 Å². The first-order chi connectivity index (χ1) is 21.8. The first-order valence-electron chi connectivity index (χ1n) is 14.5. The number of methoxy groups -OCH3 is 2. The van der Waals surface area contributed by atoms with Crippen LogP contribution in [0.4, 0.5) is 0 Å². The highest BCUT2D eigenvalue weighted by atomic mass is 16.6. The molecule has 15 nitrogen and oxygen atoms in total. The van der Waals surface area contributed by atoms with E-state index < -0.39 is 79.0 Å². The Bertz CT molecular complexity index is 1380. The highest BCUT2D eigenvalue weighted by Gasteiger charge is 2.65. The fraction of sp³-hybridized carbons (Fsp3) is 0.516. The van der Waals surface area contributed by atoms with Crippen molar-refractivity contribution in [1.82, 2.24) is 0 Å². The number of benzene rings is 2. The van der Waals surface area contributed by atoms with Gasteiger partial charge in [-0.05, 0) is 54.3 Å². The molecule has 3 unspecified atom stereocenters. The number of aromatic hydroxyl groups is 2. The maximum absolute atomic E-state index is 13.5. The van der Waals surface area contributed by atoms with Crippen LogP contribution in [-0.4, -0.2) is 144 Å². The first-order valence-corrected chi connectivity index (χ1v) is 14.5. The van der Waals surface area contributed by atoms with Crippen molar-refractivity contribution in [1.29, 1.82) is 0 Å². The number of hydrogen-bond acceptors (Lipinski definition) is 15. The monoisotopic (exact) mass is 652 g/mol. The van der Waals surface area contributed by atoms with Crippen molar-refractivity contribution in [3.05, 3.63) is 53.6 Å². The second kappa shape index (κ2) is 14.6. The van der Waals surface area contributed by atoms with Crippen LogP contribution in [0.15, 0.2) is 42.5 Å².